The molecule has 64 valence electrons. The van der Waals surface area contributed by atoms with E-state index in [1.54, 1.807) is 0 Å². The monoisotopic (exact) mass is 152 g/mol. The van der Waals surface area contributed by atoms with Gasteiger partial charge in [-0.05, 0) is 19.8 Å². The summed E-state index contributed by atoms with van der Waals surface area (Å²) in [4.78, 5) is 0. The van der Waals surface area contributed by atoms with Gasteiger partial charge in [-0.2, -0.15) is 0 Å². The van der Waals surface area contributed by atoms with Crippen LogP contribution in [0.15, 0.2) is 37.5 Å². The highest BCUT2D eigenvalue weighted by Crippen LogP contribution is 2.05. The summed E-state index contributed by atoms with van der Waals surface area (Å²) in [5.74, 6) is 0. The van der Waals surface area contributed by atoms with E-state index in [0.29, 0.717) is 0 Å². The van der Waals surface area contributed by atoms with Crippen molar-refractivity contribution < 1.29 is 0 Å². The van der Waals surface area contributed by atoms with E-state index in [1.165, 1.54) is 18.4 Å². The molecule has 0 saturated heterocycles. The molecular weight excluding hydrogens is 132 g/mol. The molecule has 0 aromatic carbocycles. The second-order valence-corrected chi connectivity index (χ2v) is 2.26. The van der Waals surface area contributed by atoms with Gasteiger partial charge in [0.15, 0.2) is 0 Å². The molecule has 0 heterocycles. The van der Waals surface area contributed by atoms with Crippen LogP contribution in [0.4, 0.5) is 0 Å². The minimum absolute atomic E-state index is 1.15. The third kappa shape index (κ3) is 12.4. The van der Waals surface area contributed by atoms with Gasteiger partial charge in [0.25, 0.3) is 0 Å². The molecule has 0 heteroatoms. The molecule has 11 heavy (non-hydrogen) atoms. The molecule has 0 aromatic rings. The molecule has 0 saturated carbocycles. The highest BCUT2D eigenvalue weighted by atomic mass is 13.9. The van der Waals surface area contributed by atoms with E-state index in [1.807, 2.05) is 13.0 Å². The lowest BCUT2D eigenvalue weighted by Gasteiger charge is -1.94. The van der Waals surface area contributed by atoms with Gasteiger partial charge in [-0.15, -0.1) is 13.2 Å². The fraction of sp³-hybridized carbons (Fsp3) is 0.455. The third-order valence-corrected chi connectivity index (χ3v) is 1.25. The van der Waals surface area contributed by atoms with Crippen molar-refractivity contribution in [1.82, 2.24) is 0 Å². The summed E-state index contributed by atoms with van der Waals surface area (Å²) in [6.07, 6.45) is 7.80. The van der Waals surface area contributed by atoms with Crippen molar-refractivity contribution in [1.29, 1.82) is 0 Å². The number of unbranched alkanes of at least 4 members (excludes halogenated alkanes) is 1. The summed E-state index contributed by atoms with van der Waals surface area (Å²) in [7, 11) is 0. The van der Waals surface area contributed by atoms with Gasteiger partial charge in [0, 0.05) is 0 Å². The molecule has 0 N–H and O–H groups in total. The molecule has 0 amide bonds. The van der Waals surface area contributed by atoms with Gasteiger partial charge in [0.1, 0.15) is 0 Å². The Kier molecular flexibility index (Phi) is 14.0. The van der Waals surface area contributed by atoms with Crippen LogP contribution >= 0.6 is 0 Å². The SMILES string of the molecule is C=C.C=C(/C=C\C)CCCC. The summed E-state index contributed by atoms with van der Waals surface area (Å²) in [5.41, 5.74) is 1.25. The molecule has 0 aliphatic rings. The van der Waals surface area contributed by atoms with E-state index in [-0.39, 0.29) is 0 Å². The highest BCUT2D eigenvalue weighted by Gasteiger charge is 1.85. The van der Waals surface area contributed by atoms with Crippen LogP contribution in [-0.4, -0.2) is 0 Å². The Morgan fingerprint density at radius 2 is 1.91 bits per heavy atom. The highest BCUT2D eigenvalue weighted by molar-refractivity contribution is 5.12. The molecule has 0 rings (SSSR count). The van der Waals surface area contributed by atoms with Crippen LogP contribution < -0.4 is 0 Å². The van der Waals surface area contributed by atoms with Gasteiger partial charge in [-0.1, -0.05) is 37.6 Å². The topological polar surface area (TPSA) is 0 Å². The Labute approximate surface area is 71.3 Å². The summed E-state index contributed by atoms with van der Waals surface area (Å²) < 4.78 is 0. The van der Waals surface area contributed by atoms with Crippen LogP contribution in [0.5, 0.6) is 0 Å². The molecule has 0 aliphatic heterocycles. The maximum absolute atomic E-state index is 3.90. The van der Waals surface area contributed by atoms with Crippen LogP contribution in [0.2, 0.25) is 0 Å². The Morgan fingerprint density at radius 1 is 1.36 bits per heavy atom. The standard InChI is InChI=1S/C9H16.C2H4/c1-4-6-8-9(3)7-5-2;1-2/h5,7H,3-4,6,8H2,1-2H3;1-2H2/b7-5-;. The fourth-order valence-electron chi connectivity index (χ4n) is 0.723. The maximum Gasteiger partial charge on any atom is -0.0285 e. The van der Waals surface area contributed by atoms with Crippen LogP contribution in [0.1, 0.15) is 33.1 Å². The fourth-order valence-corrected chi connectivity index (χ4v) is 0.723. The van der Waals surface area contributed by atoms with Gasteiger partial charge in [0.2, 0.25) is 0 Å². The van der Waals surface area contributed by atoms with E-state index < -0.39 is 0 Å². The van der Waals surface area contributed by atoms with Gasteiger partial charge >= 0.3 is 0 Å². The zero-order valence-corrected chi connectivity index (χ0v) is 7.90. The molecule has 0 aliphatic carbocycles. The van der Waals surface area contributed by atoms with Gasteiger partial charge < -0.3 is 0 Å². The first kappa shape index (κ1) is 12.9. The Hall–Kier alpha value is -0.780. The van der Waals surface area contributed by atoms with Crippen molar-refractivity contribution in [2.24, 2.45) is 0 Å². The van der Waals surface area contributed by atoms with Crippen LogP contribution in [0.25, 0.3) is 0 Å². The second-order valence-electron chi connectivity index (χ2n) is 2.26. The van der Waals surface area contributed by atoms with Crippen LogP contribution in [0, 0.1) is 0 Å². The third-order valence-electron chi connectivity index (χ3n) is 1.25. The van der Waals surface area contributed by atoms with E-state index in [9.17, 15) is 0 Å². The minimum atomic E-state index is 1.15. The minimum Gasteiger partial charge on any atom is -0.106 e. The van der Waals surface area contributed by atoms with Crippen molar-refractivity contribution in [3.63, 3.8) is 0 Å². The number of hydrogen-bond acceptors (Lipinski definition) is 0. The predicted molar refractivity (Wildman–Crippen MR) is 54.7 cm³/mol. The molecule has 0 fully saturated rings. The summed E-state index contributed by atoms with van der Waals surface area (Å²) in [5, 5.41) is 0. The normalized spacial score (nSPS) is 8.91. The zero-order valence-electron chi connectivity index (χ0n) is 7.90. The molecular formula is C11H20. The van der Waals surface area contributed by atoms with Crippen molar-refractivity contribution >= 4 is 0 Å². The van der Waals surface area contributed by atoms with Crippen LogP contribution in [0.3, 0.4) is 0 Å². The Balaban J connectivity index is 0. The van der Waals surface area contributed by atoms with Crippen molar-refractivity contribution in [3.05, 3.63) is 37.5 Å². The molecule has 0 spiro atoms. The Bertz CT molecular complexity index is 109. The van der Waals surface area contributed by atoms with Crippen LogP contribution in [-0.2, 0) is 0 Å². The van der Waals surface area contributed by atoms with Gasteiger partial charge in [-0.25, -0.2) is 0 Å². The predicted octanol–water partition coefficient (Wildman–Crippen LogP) is 4.11. The van der Waals surface area contributed by atoms with Gasteiger partial charge in [0.05, 0.1) is 0 Å². The summed E-state index contributed by atoms with van der Waals surface area (Å²) >= 11 is 0. The number of rotatable bonds is 4. The molecule has 0 unspecified atom stereocenters. The average molecular weight is 152 g/mol. The molecule has 0 atom stereocenters. The largest absolute Gasteiger partial charge is 0.106 e. The average Bonchev–Trinajstić information content (AvgIpc) is 2.05. The van der Waals surface area contributed by atoms with Crippen molar-refractivity contribution in [2.75, 3.05) is 0 Å². The van der Waals surface area contributed by atoms with E-state index >= 15 is 0 Å². The smallest absolute Gasteiger partial charge is 0.0285 e. The molecule has 0 radical (unpaired) electrons. The van der Waals surface area contributed by atoms with E-state index in [4.69, 9.17) is 0 Å². The Morgan fingerprint density at radius 3 is 2.27 bits per heavy atom. The molecule has 0 aromatic heterocycles. The van der Waals surface area contributed by atoms with Crippen molar-refractivity contribution in [3.8, 4) is 0 Å². The van der Waals surface area contributed by atoms with Gasteiger partial charge in [-0.3, -0.25) is 0 Å². The first-order valence-corrected chi connectivity index (χ1v) is 4.11. The quantitative estimate of drug-likeness (QED) is 0.420. The number of hydrogen-bond donors (Lipinski definition) is 0. The zero-order chi connectivity index (χ0) is 9.11. The van der Waals surface area contributed by atoms with Crippen molar-refractivity contribution in [2.45, 2.75) is 33.1 Å². The lowest BCUT2D eigenvalue weighted by atomic mass is 10.1. The van der Waals surface area contributed by atoms with E-state index in [0.717, 1.165) is 6.42 Å². The summed E-state index contributed by atoms with van der Waals surface area (Å²) in [6.45, 7) is 14.1. The molecule has 0 nitrogen and oxygen atoms in total. The first-order chi connectivity index (χ1) is 5.31. The maximum atomic E-state index is 3.90. The number of allylic oxidation sites excluding steroid dienone is 3. The lowest BCUT2D eigenvalue weighted by molar-refractivity contribution is 0.799. The lowest BCUT2D eigenvalue weighted by Crippen LogP contribution is -1.74. The second kappa shape index (κ2) is 12.0. The first-order valence-electron chi connectivity index (χ1n) is 4.11. The van der Waals surface area contributed by atoms with E-state index in [2.05, 4.69) is 32.7 Å². The molecule has 0 bridgehead atoms. The summed E-state index contributed by atoms with van der Waals surface area (Å²) in [6, 6.07) is 0.